The SMILES string of the molecule is CC1CCC(CO[SiH](c2ccccc2)C(C)(C)C)N(C(=O)OC(C)(C)C)C1. The number of hydrogen-bond donors (Lipinski definition) is 0. The molecule has 3 atom stereocenters. The van der Waals surface area contributed by atoms with Crippen molar-refractivity contribution in [1.82, 2.24) is 4.90 Å². The summed E-state index contributed by atoms with van der Waals surface area (Å²) in [7, 11) is -1.65. The number of ether oxygens (including phenoxy) is 1. The van der Waals surface area contributed by atoms with Crippen molar-refractivity contribution in [2.24, 2.45) is 5.92 Å². The number of benzene rings is 1. The van der Waals surface area contributed by atoms with Crippen LogP contribution in [0.4, 0.5) is 4.79 Å². The first-order valence-corrected chi connectivity index (χ1v) is 11.8. The maximum Gasteiger partial charge on any atom is 0.410 e. The second kappa shape index (κ2) is 8.78. The van der Waals surface area contributed by atoms with Gasteiger partial charge in [-0.15, -0.1) is 0 Å². The van der Waals surface area contributed by atoms with E-state index in [1.165, 1.54) is 5.19 Å². The molecule has 0 aliphatic carbocycles. The van der Waals surface area contributed by atoms with E-state index < -0.39 is 14.6 Å². The van der Waals surface area contributed by atoms with Crippen LogP contribution in [0.15, 0.2) is 30.3 Å². The number of nitrogens with zero attached hydrogens (tertiary/aromatic N) is 1. The number of rotatable bonds is 4. The molecular weight excluding hydrogens is 354 g/mol. The predicted octanol–water partition coefficient (Wildman–Crippen LogP) is 4.47. The molecule has 4 nitrogen and oxygen atoms in total. The van der Waals surface area contributed by atoms with Crippen LogP contribution in [-0.4, -0.2) is 44.8 Å². The summed E-state index contributed by atoms with van der Waals surface area (Å²) in [5.41, 5.74) is -0.476. The fraction of sp³-hybridized carbons (Fsp3) is 0.682. The molecular formula is C22H37NO3Si. The molecule has 1 aliphatic heterocycles. The highest BCUT2D eigenvalue weighted by Crippen LogP contribution is 2.29. The highest BCUT2D eigenvalue weighted by molar-refractivity contribution is 6.70. The van der Waals surface area contributed by atoms with Gasteiger partial charge in [0.15, 0.2) is 0 Å². The van der Waals surface area contributed by atoms with E-state index in [1.54, 1.807) is 0 Å². The number of piperidine rings is 1. The standard InChI is InChI=1S/C22H37NO3Si/c1-17-13-14-18(23(15-17)20(24)26-21(2,3)4)16-25-27(22(5,6)7)19-11-9-8-10-12-19/h8-12,17-18,27H,13-16H2,1-7H3. The molecule has 0 spiro atoms. The van der Waals surface area contributed by atoms with Gasteiger partial charge in [0, 0.05) is 6.54 Å². The summed E-state index contributed by atoms with van der Waals surface area (Å²) in [4.78, 5) is 14.6. The van der Waals surface area contributed by atoms with Crippen molar-refractivity contribution in [2.45, 2.75) is 78.0 Å². The van der Waals surface area contributed by atoms with Crippen LogP contribution >= 0.6 is 0 Å². The smallest absolute Gasteiger partial charge is 0.410 e. The summed E-state index contributed by atoms with van der Waals surface area (Å²) in [6.45, 7) is 16.1. The molecule has 0 aromatic heterocycles. The van der Waals surface area contributed by atoms with E-state index >= 15 is 0 Å². The van der Waals surface area contributed by atoms with Gasteiger partial charge in [-0.25, -0.2) is 4.79 Å². The van der Waals surface area contributed by atoms with Crippen LogP contribution in [0.3, 0.4) is 0 Å². The van der Waals surface area contributed by atoms with Crippen LogP contribution in [0.5, 0.6) is 0 Å². The molecule has 0 saturated carbocycles. The molecule has 1 aromatic carbocycles. The molecule has 152 valence electrons. The summed E-state index contributed by atoms with van der Waals surface area (Å²) in [5, 5.41) is 1.43. The Kier molecular flexibility index (Phi) is 7.14. The average Bonchev–Trinajstić information content (AvgIpc) is 2.54. The molecule has 27 heavy (non-hydrogen) atoms. The van der Waals surface area contributed by atoms with Crippen LogP contribution in [0, 0.1) is 5.92 Å². The fourth-order valence-corrected chi connectivity index (χ4v) is 6.29. The monoisotopic (exact) mass is 391 g/mol. The van der Waals surface area contributed by atoms with Crippen molar-refractivity contribution in [3.8, 4) is 0 Å². The normalized spacial score (nSPS) is 22.4. The average molecular weight is 392 g/mol. The topological polar surface area (TPSA) is 38.8 Å². The number of likely N-dealkylation sites (tertiary alicyclic amines) is 1. The van der Waals surface area contributed by atoms with Crippen LogP contribution < -0.4 is 5.19 Å². The zero-order chi connectivity index (χ0) is 20.2. The van der Waals surface area contributed by atoms with Gasteiger partial charge < -0.3 is 14.1 Å². The Morgan fingerprint density at radius 3 is 2.30 bits per heavy atom. The van der Waals surface area contributed by atoms with Gasteiger partial charge in [0.25, 0.3) is 0 Å². The molecule has 1 aromatic rings. The number of amides is 1. The summed E-state index contributed by atoms with van der Waals surface area (Å²) in [6.07, 6.45) is 1.89. The van der Waals surface area contributed by atoms with Crippen LogP contribution in [-0.2, 0) is 9.16 Å². The minimum Gasteiger partial charge on any atom is -0.444 e. The number of carbonyl (C=O) groups is 1. The van der Waals surface area contributed by atoms with E-state index in [2.05, 4.69) is 52.0 Å². The molecule has 1 saturated heterocycles. The lowest BCUT2D eigenvalue weighted by atomic mass is 9.95. The fourth-order valence-electron chi connectivity index (χ4n) is 3.61. The lowest BCUT2D eigenvalue weighted by Crippen LogP contribution is -2.52. The summed E-state index contributed by atoms with van der Waals surface area (Å²) >= 11 is 0. The van der Waals surface area contributed by atoms with E-state index in [-0.39, 0.29) is 17.2 Å². The van der Waals surface area contributed by atoms with Gasteiger partial charge in [-0.2, -0.15) is 0 Å². The zero-order valence-corrected chi connectivity index (χ0v) is 19.3. The van der Waals surface area contributed by atoms with E-state index in [0.717, 1.165) is 19.4 Å². The largest absolute Gasteiger partial charge is 0.444 e. The molecule has 3 unspecified atom stereocenters. The zero-order valence-electron chi connectivity index (χ0n) is 18.1. The lowest BCUT2D eigenvalue weighted by molar-refractivity contribution is -0.00314. The second-order valence-corrected chi connectivity index (χ2v) is 13.5. The number of carbonyl (C=O) groups excluding carboxylic acids is 1. The van der Waals surface area contributed by atoms with Crippen molar-refractivity contribution in [3.63, 3.8) is 0 Å². The van der Waals surface area contributed by atoms with Gasteiger partial charge in [-0.3, -0.25) is 0 Å². The number of hydrogen-bond acceptors (Lipinski definition) is 3. The molecule has 2 rings (SSSR count). The Labute approximate surface area is 167 Å². The van der Waals surface area contributed by atoms with E-state index in [4.69, 9.17) is 9.16 Å². The van der Waals surface area contributed by atoms with Crippen molar-refractivity contribution in [3.05, 3.63) is 30.3 Å². The van der Waals surface area contributed by atoms with Crippen LogP contribution in [0.2, 0.25) is 5.04 Å². The highest BCUT2D eigenvalue weighted by atomic mass is 28.3. The molecule has 5 heteroatoms. The first-order chi connectivity index (χ1) is 12.5. The van der Waals surface area contributed by atoms with Gasteiger partial charge in [-0.05, 0) is 49.8 Å². The minimum absolute atomic E-state index is 0.0945. The maximum atomic E-state index is 12.7. The quantitative estimate of drug-likeness (QED) is 0.711. The lowest BCUT2D eigenvalue weighted by Gasteiger charge is -2.40. The minimum atomic E-state index is -1.65. The Morgan fingerprint density at radius 2 is 1.74 bits per heavy atom. The van der Waals surface area contributed by atoms with Gasteiger partial charge in [0.2, 0.25) is 9.04 Å². The third kappa shape index (κ3) is 6.65. The second-order valence-electron chi connectivity index (χ2n) is 9.96. The van der Waals surface area contributed by atoms with Crippen molar-refractivity contribution in [2.75, 3.05) is 13.2 Å². The third-order valence-electron chi connectivity index (χ3n) is 4.91. The van der Waals surface area contributed by atoms with E-state index in [0.29, 0.717) is 12.5 Å². The molecule has 0 radical (unpaired) electrons. The molecule has 0 N–H and O–H groups in total. The van der Waals surface area contributed by atoms with Crippen molar-refractivity contribution < 1.29 is 14.0 Å². The molecule has 1 heterocycles. The molecule has 1 aliphatic rings. The molecule has 1 fully saturated rings. The molecule has 0 bridgehead atoms. The van der Waals surface area contributed by atoms with Gasteiger partial charge in [0.1, 0.15) is 5.60 Å². The van der Waals surface area contributed by atoms with E-state index in [1.807, 2.05) is 31.7 Å². The predicted molar refractivity (Wildman–Crippen MR) is 114 cm³/mol. The molecule has 1 amide bonds. The Bertz CT molecular complexity index is 606. The van der Waals surface area contributed by atoms with Crippen molar-refractivity contribution in [1.29, 1.82) is 0 Å². The summed E-state index contributed by atoms with van der Waals surface area (Å²) < 4.78 is 12.2. The van der Waals surface area contributed by atoms with Gasteiger partial charge >= 0.3 is 6.09 Å². The first kappa shape index (κ1) is 22.0. The van der Waals surface area contributed by atoms with Crippen molar-refractivity contribution >= 4 is 20.3 Å². The first-order valence-electron chi connectivity index (χ1n) is 10.1. The van der Waals surface area contributed by atoms with Gasteiger partial charge in [0.05, 0.1) is 12.6 Å². The van der Waals surface area contributed by atoms with Gasteiger partial charge in [-0.1, -0.05) is 58.0 Å². The summed E-state index contributed by atoms with van der Waals surface area (Å²) in [6, 6.07) is 10.7. The maximum absolute atomic E-state index is 12.7. The van der Waals surface area contributed by atoms with Crippen LogP contribution in [0.1, 0.15) is 61.3 Å². The highest BCUT2D eigenvalue weighted by Gasteiger charge is 2.36. The van der Waals surface area contributed by atoms with E-state index in [9.17, 15) is 4.79 Å². The Hall–Kier alpha value is -1.33. The van der Waals surface area contributed by atoms with Crippen LogP contribution in [0.25, 0.3) is 0 Å². The Morgan fingerprint density at radius 1 is 1.11 bits per heavy atom. The Balaban J connectivity index is 2.11. The summed E-state index contributed by atoms with van der Waals surface area (Å²) in [5.74, 6) is 0.499. The third-order valence-corrected chi connectivity index (χ3v) is 8.00.